The Hall–Kier alpha value is -2.33. The summed E-state index contributed by atoms with van der Waals surface area (Å²) in [4.78, 5) is 23.6. The first-order valence-corrected chi connectivity index (χ1v) is 14.1. The summed E-state index contributed by atoms with van der Waals surface area (Å²) in [5.74, 6) is 0.166. The number of benzene rings is 1. The first-order chi connectivity index (χ1) is 16.6. The van der Waals surface area contributed by atoms with E-state index in [2.05, 4.69) is 32.4 Å². The van der Waals surface area contributed by atoms with Crippen LogP contribution in [0.2, 0.25) is 0 Å². The second-order valence-electron chi connectivity index (χ2n) is 8.11. The van der Waals surface area contributed by atoms with Crippen LogP contribution in [0.15, 0.2) is 48.1 Å². The van der Waals surface area contributed by atoms with Gasteiger partial charge in [-0.1, -0.05) is 0 Å². The molecule has 2 amide bonds. The zero-order valence-corrected chi connectivity index (χ0v) is 22.8. The lowest BCUT2D eigenvalue weighted by Crippen LogP contribution is -2.56. The summed E-state index contributed by atoms with van der Waals surface area (Å²) in [5.41, 5.74) is 0.664. The number of hydrazine groups is 1. The van der Waals surface area contributed by atoms with Gasteiger partial charge in [-0.3, -0.25) is 4.90 Å². The molecule has 13 heteroatoms. The van der Waals surface area contributed by atoms with Gasteiger partial charge in [0.05, 0.1) is 15.1 Å². The maximum Gasteiger partial charge on any atom is 0.339 e. The molecule has 35 heavy (non-hydrogen) atoms. The summed E-state index contributed by atoms with van der Waals surface area (Å²) >= 11 is 3.60. The molecule has 0 aliphatic carbocycles. The number of halogens is 2. The Balaban J connectivity index is 1.50. The molecular weight excluding hydrogens is 606 g/mol. The van der Waals surface area contributed by atoms with Crippen LogP contribution in [0.4, 0.5) is 14.9 Å². The van der Waals surface area contributed by atoms with Crippen molar-refractivity contribution < 1.29 is 17.6 Å². The van der Waals surface area contributed by atoms with E-state index in [-0.39, 0.29) is 18.8 Å². The van der Waals surface area contributed by atoms with Gasteiger partial charge in [-0.2, -0.15) is 0 Å². The fourth-order valence-corrected chi connectivity index (χ4v) is 6.15. The largest absolute Gasteiger partial charge is 0.339 e. The van der Waals surface area contributed by atoms with Crippen molar-refractivity contribution in [3.8, 4) is 5.69 Å². The Morgan fingerprint density at radius 2 is 2.06 bits per heavy atom. The number of aromatic nitrogens is 2. The molecule has 0 spiro atoms. The minimum Gasteiger partial charge on any atom is -0.303 e. The molecule has 1 aromatic carbocycles. The Morgan fingerprint density at radius 3 is 2.74 bits per heavy atom. The number of hydrogen-bond donors (Lipinski definition) is 1. The number of imidazole rings is 1. The number of amides is 2. The van der Waals surface area contributed by atoms with Crippen molar-refractivity contribution >= 4 is 61.7 Å². The van der Waals surface area contributed by atoms with Crippen LogP contribution in [-0.2, 0) is 16.6 Å². The quantitative estimate of drug-likeness (QED) is 0.382. The van der Waals surface area contributed by atoms with E-state index in [0.29, 0.717) is 18.7 Å². The van der Waals surface area contributed by atoms with Crippen LogP contribution < -0.4 is 9.73 Å². The Morgan fingerprint density at radius 1 is 1.26 bits per heavy atom. The molecule has 9 nitrogen and oxygen atoms in total. The van der Waals surface area contributed by atoms with E-state index in [4.69, 9.17) is 0 Å². The number of anilines is 1. The standard InChI is InChI=1S/C22H24FIN6O3S2/c1-27(2)15-21-25-9-12-28(21)16-4-6-19(18(23)14-16)29-10-3-11-30(22(29)31)26-35(32,33)13-8-17-5-7-20(24)34-17/h4-9,12-14,26H,3,10-11,15H2,1-2H3/b13-8+. The molecule has 1 N–H and O–H groups in total. The zero-order chi connectivity index (χ0) is 25.2. The van der Waals surface area contributed by atoms with Crippen molar-refractivity contribution in [2.24, 2.45) is 0 Å². The van der Waals surface area contributed by atoms with Gasteiger partial charge in [0.1, 0.15) is 11.6 Å². The molecule has 0 saturated carbocycles. The van der Waals surface area contributed by atoms with E-state index in [0.717, 1.165) is 24.0 Å². The summed E-state index contributed by atoms with van der Waals surface area (Å²) < 4.78 is 43.0. The maximum atomic E-state index is 15.2. The third kappa shape index (κ3) is 6.27. The van der Waals surface area contributed by atoms with Gasteiger partial charge in [0, 0.05) is 47.5 Å². The average molecular weight is 631 g/mol. The molecule has 2 aromatic heterocycles. The number of nitrogens with zero attached hydrogens (tertiary/aromatic N) is 5. The second-order valence-corrected chi connectivity index (χ2v) is 12.7. The van der Waals surface area contributed by atoms with E-state index in [9.17, 15) is 13.2 Å². The molecule has 1 saturated heterocycles. The minimum absolute atomic E-state index is 0.0839. The van der Waals surface area contributed by atoms with Gasteiger partial charge in [0.15, 0.2) is 0 Å². The van der Waals surface area contributed by atoms with Crippen LogP contribution in [-0.4, -0.2) is 61.1 Å². The summed E-state index contributed by atoms with van der Waals surface area (Å²) in [6.07, 6.45) is 5.34. The molecule has 4 rings (SSSR count). The fraction of sp³-hybridized carbons (Fsp3) is 0.273. The lowest BCUT2D eigenvalue weighted by Gasteiger charge is -2.35. The molecule has 1 aliphatic heterocycles. The molecule has 1 fully saturated rings. The van der Waals surface area contributed by atoms with Crippen molar-refractivity contribution in [3.63, 3.8) is 0 Å². The molecule has 0 atom stereocenters. The van der Waals surface area contributed by atoms with Crippen molar-refractivity contribution in [1.82, 2.24) is 24.3 Å². The highest BCUT2D eigenvalue weighted by molar-refractivity contribution is 14.1. The normalized spacial score (nSPS) is 15.1. The van der Waals surface area contributed by atoms with Gasteiger partial charge in [-0.15, -0.1) is 16.2 Å². The van der Waals surface area contributed by atoms with Crippen LogP contribution in [0.3, 0.4) is 0 Å². The number of thiophene rings is 1. The van der Waals surface area contributed by atoms with Crippen LogP contribution in [0.25, 0.3) is 11.8 Å². The zero-order valence-electron chi connectivity index (χ0n) is 19.1. The van der Waals surface area contributed by atoms with E-state index >= 15 is 4.39 Å². The highest BCUT2D eigenvalue weighted by atomic mass is 127. The highest BCUT2D eigenvalue weighted by Gasteiger charge is 2.31. The Labute approximate surface area is 221 Å². The number of urea groups is 1. The third-order valence-electron chi connectivity index (χ3n) is 5.14. The molecule has 0 radical (unpaired) electrons. The van der Waals surface area contributed by atoms with E-state index in [1.165, 1.54) is 34.4 Å². The first kappa shape index (κ1) is 25.8. The smallest absolute Gasteiger partial charge is 0.303 e. The number of rotatable bonds is 8. The van der Waals surface area contributed by atoms with Crippen LogP contribution in [0, 0.1) is 8.70 Å². The highest BCUT2D eigenvalue weighted by Crippen LogP contribution is 2.26. The average Bonchev–Trinajstić information content (AvgIpc) is 3.42. The number of hydrogen-bond acceptors (Lipinski definition) is 6. The molecule has 1 aliphatic rings. The Bertz CT molecular complexity index is 1350. The van der Waals surface area contributed by atoms with Gasteiger partial charge in [0.25, 0.3) is 10.0 Å². The predicted molar refractivity (Wildman–Crippen MR) is 143 cm³/mol. The van der Waals surface area contributed by atoms with Gasteiger partial charge in [-0.05, 0) is 73.4 Å². The predicted octanol–water partition coefficient (Wildman–Crippen LogP) is 3.88. The molecule has 3 aromatic rings. The molecule has 0 bridgehead atoms. The topological polar surface area (TPSA) is 90.8 Å². The van der Waals surface area contributed by atoms with Crippen molar-refractivity contribution in [2.75, 3.05) is 32.1 Å². The molecule has 0 unspecified atom stereocenters. The van der Waals surface area contributed by atoms with Crippen molar-refractivity contribution in [2.45, 2.75) is 13.0 Å². The third-order valence-corrected chi connectivity index (χ3v) is 7.97. The van der Waals surface area contributed by atoms with E-state index in [1.54, 1.807) is 23.0 Å². The van der Waals surface area contributed by atoms with Gasteiger partial charge in [0.2, 0.25) is 0 Å². The number of carbonyl (C=O) groups excluding carboxylic acids is 1. The molecule has 3 heterocycles. The fourth-order valence-electron chi connectivity index (χ4n) is 3.62. The van der Waals surface area contributed by atoms with Crippen molar-refractivity contribution in [3.05, 3.63) is 67.5 Å². The van der Waals surface area contributed by atoms with E-state index < -0.39 is 21.9 Å². The van der Waals surface area contributed by atoms with Crippen LogP contribution in [0.5, 0.6) is 0 Å². The summed E-state index contributed by atoms with van der Waals surface area (Å²) in [6.45, 7) is 1.03. The molecule has 186 valence electrons. The van der Waals surface area contributed by atoms with Gasteiger partial charge >= 0.3 is 6.03 Å². The minimum atomic E-state index is -3.93. The monoisotopic (exact) mass is 630 g/mol. The van der Waals surface area contributed by atoms with Gasteiger partial charge in [-0.25, -0.2) is 27.6 Å². The number of sulfonamides is 1. The SMILES string of the molecule is CN(C)Cc1nccn1-c1ccc(N2CCCN(NS(=O)(=O)/C=C/c3ccc(I)s3)C2=O)c(F)c1. The van der Waals surface area contributed by atoms with Crippen LogP contribution >= 0.6 is 33.9 Å². The summed E-state index contributed by atoms with van der Waals surface area (Å²) in [6, 6.07) is 7.64. The lowest BCUT2D eigenvalue weighted by atomic mass is 10.2. The van der Waals surface area contributed by atoms with Crippen molar-refractivity contribution in [1.29, 1.82) is 0 Å². The summed E-state index contributed by atoms with van der Waals surface area (Å²) in [5, 5.41) is 2.02. The Kier molecular flexibility index (Phi) is 7.90. The van der Waals surface area contributed by atoms with E-state index in [1.807, 2.05) is 31.1 Å². The number of nitrogens with one attached hydrogen (secondary N) is 1. The molecular formula is C22H24FIN6O3S2. The maximum absolute atomic E-state index is 15.2. The van der Waals surface area contributed by atoms with Gasteiger partial charge < -0.3 is 9.47 Å². The van der Waals surface area contributed by atoms with Crippen LogP contribution in [0.1, 0.15) is 17.1 Å². The summed E-state index contributed by atoms with van der Waals surface area (Å²) in [7, 11) is -0.0860. The lowest BCUT2D eigenvalue weighted by molar-refractivity contribution is 0.185. The second kappa shape index (κ2) is 10.7. The number of carbonyl (C=O) groups is 1. The first-order valence-electron chi connectivity index (χ1n) is 10.6.